The zero-order valence-corrected chi connectivity index (χ0v) is 7.19. The number of allylic oxidation sites excluding steroid dienone is 1. The van der Waals surface area contributed by atoms with Crippen molar-refractivity contribution in [2.45, 2.75) is 0 Å². The average molecular weight is 175 g/mol. The molecule has 0 fully saturated rings. The van der Waals surface area contributed by atoms with Crippen molar-refractivity contribution in [2.75, 3.05) is 7.11 Å². The van der Waals surface area contributed by atoms with E-state index in [1.165, 1.54) is 0 Å². The summed E-state index contributed by atoms with van der Waals surface area (Å²) in [6, 6.07) is 5.66. The van der Waals surface area contributed by atoms with Gasteiger partial charge >= 0.3 is 0 Å². The Morgan fingerprint density at radius 1 is 1.31 bits per heavy atom. The van der Waals surface area contributed by atoms with Crippen LogP contribution < -0.4 is 4.74 Å². The minimum absolute atomic E-state index is 0.578. The number of oxime groups is 1. The third-order valence-corrected chi connectivity index (χ3v) is 2.06. The maximum Gasteiger partial charge on any atom is 0.119 e. The van der Waals surface area contributed by atoms with Gasteiger partial charge in [-0.15, -0.1) is 0 Å². The van der Waals surface area contributed by atoms with Crippen LogP contribution in [0.1, 0.15) is 11.1 Å². The van der Waals surface area contributed by atoms with Gasteiger partial charge in [-0.3, -0.25) is 0 Å². The van der Waals surface area contributed by atoms with Gasteiger partial charge in [0, 0.05) is 5.56 Å². The van der Waals surface area contributed by atoms with Gasteiger partial charge in [0.25, 0.3) is 0 Å². The van der Waals surface area contributed by atoms with Crippen molar-refractivity contribution >= 4 is 11.8 Å². The lowest BCUT2D eigenvalue weighted by molar-refractivity contribution is 0.320. The van der Waals surface area contributed by atoms with E-state index in [9.17, 15) is 0 Å². The fourth-order valence-corrected chi connectivity index (χ4v) is 1.38. The van der Waals surface area contributed by atoms with E-state index in [2.05, 4.69) is 5.16 Å². The molecule has 13 heavy (non-hydrogen) atoms. The molecule has 3 nitrogen and oxygen atoms in total. The van der Waals surface area contributed by atoms with Crippen molar-refractivity contribution in [1.82, 2.24) is 0 Å². The monoisotopic (exact) mass is 175 g/mol. The lowest BCUT2D eigenvalue weighted by atomic mass is 10.1. The highest BCUT2D eigenvalue weighted by atomic mass is 16.5. The molecule has 0 saturated carbocycles. The fourth-order valence-electron chi connectivity index (χ4n) is 1.38. The largest absolute Gasteiger partial charge is 0.497 e. The third-order valence-electron chi connectivity index (χ3n) is 2.06. The highest BCUT2D eigenvalue weighted by molar-refractivity contribution is 6.16. The highest BCUT2D eigenvalue weighted by Crippen LogP contribution is 2.24. The second-order valence-electron chi connectivity index (χ2n) is 2.77. The molecular formula is C10H9NO2. The average Bonchev–Trinajstić information content (AvgIpc) is 2.59. The smallest absolute Gasteiger partial charge is 0.119 e. The zero-order chi connectivity index (χ0) is 9.26. The SMILES string of the molecule is COc1ccc2c(c1)C(=NO)C=C2. The van der Waals surface area contributed by atoms with Gasteiger partial charge in [-0.1, -0.05) is 17.3 Å². The van der Waals surface area contributed by atoms with E-state index in [0.717, 1.165) is 16.9 Å². The number of nitrogens with zero attached hydrogens (tertiary/aromatic N) is 1. The van der Waals surface area contributed by atoms with E-state index in [-0.39, 0.29) is 0 Å². The Hall–Kier alpha value is -1.77. The molecule has 2 rings (SSSR count). The van der Waals surface area contributed by atoms with Gasteiger partial charge in [0.2, 0.25) is 0 Å². The van der Waals surface area contributed by atoms with Gasteiger partial charge in [0.15, 0.2) is 0 Å². The van der Waals surface area contributed by atoms with Crippen LogP contribution in [0.2, 0.25) is 0 Å². The molecule has 66 valence electrons. The van der Waals surface area contributed by atoms with E-state index in [0.29, 0.717) is 5.71 Å². The summed E-state index contributed by atoms with van der Waals surface area (Å²) >= 11 is 0. The van der Waals surface area contributed by atoms with Crippen LogP contribution in [-0.2, 0) is 0 Å². The van der Waals surface area contributed by atoms with Crippen molar-refractivity contribution in [2.24, 2.45) is 5.16 Å². The normalized spacial score (nSPS) is 16.2. The second-order valence-corrected chi connectivity index (χ2v) is 2.77. The van der Waals surface area contributed by atoms with Crippen LogP contribution in [0.5, 0.6) is 5.75 Å². The van der Waals surface area contributed by atoms with Gasteiger partial charge in [0.1, 0.15) is 11.5 Å². The summed E-state index contributed by atoms with van der Waals surface area (Å²) in [5.74, 6) is 0.767. The molecule has 0 bridgehead atoms. The summed E-state index contributed by atoms with van der Waals surface area (Å²) in [6.45, 7) is 0. The van der Waals surface area contributed by atoms with Crippen LogP contribution in [0.4, 0.5) is 0 Å². The molecule has 0 aromatic heterocycles. The lowest BCUT2D eigenvalue weighted by Crippen LogP contribution is -1.94. The highest BCUT2D eigenvalue weighted by Gasteiger charge is 2.12. The molecule has 1 aliphatic carbocycles. The van der Waals surface area contributed by atoms with Crippen LogP contribution in [0.25, 0.3) is 6.08 Å². The summed E-state index contributed by atoms with van der Waals surface area (Å²) in [6.07, 6.45) is 3.67. The number of benzene rings is 1. The number of hydrogen-bond donors (Lipinski definition) is 1. The topological polar surface area (TPSA) is 41.8 Å². The molecule has 0 unspecified atom stereocenters. The van der Waals surface area contributed by atoms with E-state index in [4.69, 9.17) is 9.94 Å². The predicted molar refractivity (Wildman–Crippen MR) is 50.4 cm³/mol. The molecule has 3 heteroatoms. The molecule has 0 amide bonds. The number of methoxy groups -OCH3 is 1. The Morgan fingerprint density at radius 2 is 2.15 bits per heavy atom. The molecule has 0 radical (unpaired) electrons. The number of hydrogen-bond acceptors (Lipinski definition) is 3. The first kappa shape index (κ1) is 7.86. The molecule has 1 aromatic carbocycles. The molecule has 0 atom stereocenters. The van der Waals surface area contributed by atoms with Crippen molar-refractivity contribution < 1.29 is 9.94 Å². The molecule has 1 N–H and O–H groups in total. The summed E-state index contributed by atoms with van der Waals surface area (Å²) in [5, 5.41) is 11.9. The molecule has 0 saturated heterocycles. The van der Waals surface area contributed by atoms with Gasteiger partial charge in [-0.25, -0.2) is 0 Å². The van der Waals surface area contributed by atoms with Crippen LogP contribution in [0.3, 0.4) is 0 Å². The predicted octanol–water partition coefficient (Wildman–Crippen LogP) is 1.90. The number of ether oxygens (including phenoxy) is 1. The molecule has 1 aliphatic rings. The van der Waals surface area contributed by atoms with Crippen LogP contribution >= 0.6 is 0 Å². The second kappa shape index (κ2) is 2.94. The minimum Gasteiger partial charge on any atom is -0.497 e. The summed E-state index contributed by atoms with van der Waals surface area (Å²) in [5.41, 5.74) is 2.53. The van der Waals surface area contributed by atoms with Gasteiger partial charge < -0.3 is 9.94 Å². The Kier molecular flexibility index (Phi) is 1.77. The Bertz CT molecular complexity index is 394. The third kappa shape index (κ3) is 1.18. The van der Waals surface area contributed by atoms with E-state index in [1.807, 2.05) is 24.3 Å². The molecule has 0 heterocycles. The Morgan fingerprint density at radius 3 is 2.85 bits per heavy atom. The first-order valence-electron chi connectivity index (χ1n) is 3.93. The first-order valence-corrected chi connectivity index (χ1v) is 3.93. The summed E-state index contributed by atoms with van der Waals surface area (Å²) in [4.78, 5) is 0. The standard InChI is InChI=1S/C10H9NO2/c1-13-8-4-2-7-3-5-10(11-12)9(7)6-8/h2-6,12H,1H3. The molecule has 0 spiro atoms. The fraction of sp³-hybridized carbons (Fsp3) is 0.100. The summed E-state index contributed by atoms with van der Waals surface area (Å²) < 4.78 is 5.07. The van der Waals surface area contributed by atoms with Crippen LogP contribution in [-0.4, -0.2) is 18.0 Å². The minimum atomic E-state index is 0.578. The first-order chi connectivity index (χ1) is 6.35. The van der Waals surface area contributed by atoms with Gasteiger partial charge in [-0.2, -0.15) is 0 Å². The Balaban J connectivity index is 2.54. The molecule has 0 aliphatic heterocycles. The van der Waals surface area contributed by atoms with Gasteiger partial charge in [0.05, 0.1) is 7.11 Å². The molecular weight excluding hydrogens is 166 g/mol. The van der Waals surface area contributed by atoms with Crippen molar-refractivity contribution in [3.8, 4) is 5.75 Å². The van der Waals surface area contributed by atoms with Crippen LogP contribution in [0, 0.1) is 0 Å². The van der Waals surface area contributed by atoms with Crippen molar-refractivity contribution in [1.29, 1.82) is 0 Å². The van der Waals surface area contributed by atoms with E-state index >= 15 is 0 Å². The van der Waals surface area contributed by atoms with Crippen LogP contribution in [0.15, 0.2) is 29.4 Å². The van der Waals surface area contributed by atoms with Gasteiger partial charge in [-0.05, 0) is 23.8 Å². The van der Waals surface area contributed by atoms with E-state index in [1.54, 1.807) is 13.2 Å². The maximum absolute atomic E-state index is 8.67. The van der Waals surface area contributed by atoms with Crippen molar-refractivity contribution in [3.63, 3.8) is 0 Å². The maximum atomic E-state index is 8.67. The summed E-state index contributed by atoms with van der Waals surface area (Å²) in [7, 11) is 1.61. The van der Waals surface area contributed by atoms with E-state index < -0.39 is 0 Å². The lowest BCUT2D eigenvalue weighted by Gasteiger charge is -2.02. The zero-order valence-electron chi connectivity index (χ0n) is 7.19. The Labute approximate surface area is 76.0 Å². The quantitative estimate of drug-likeness (QED) is 0.523. The molecule has 1 aromatic rings. The van der Waals surface area contributed by atoms with Crippen molar-refractivity contribution in [3.05, 3.63) is 35.4 Å². The number of rotatable bonds is 1. The number of fused-ring (bicyclic) bond motifs is 1.